The van der Waals surface area contributed by atoms with Gasteiger partial charge in [0.2, 0.25) is 0 Å². The van der Waals surface area contributed by atoms with Crippen LogP contribution < -0.4 is 4.74 Å². The topological polar surface area (TPSA) is 46.5 Å². The first kappa shape index (κ1) is 11.0. The molecule has 1 aliphatic rings. The third kappa shape index (κ3) is 1.77. The maximum Gasteiger partial charge on any atom is 0.307 e. The van der Waals surface area contributed by atoms with Crippen molar-refractivity contribution in [3.8, 4) is 5.75 Å². The van der Waals surface area contributed by atoms with Gasteiger partial charge in [-0.25, -0.2) is 0 Å². The van der Waals surface area contributed by atoms with Crippen LogP contribution in [0.25, 0.3) is 0 Å². The molecule has 2 unspecified atom stereocenters. The number of hydrogen-bond donors (Lipinski definition) is 1. The Labute approximate surface area is 95.0 Å². The van der Waals surface area contributed by atoms with Gasteiger partial charge in [0, 0.05) is 5.92 Å². The Hall–Kier alpha value is -1.51. The molecule has 0 spiro atoms. The number of ether oxygens (including phenoxy) is 1. The monoisotopic (exact) mass is 220 g/mol. The first-order valence-electron chi connectivity index (χ1n) is 5.51. The minimum absolute atomic E-state index is 0.118. The van der Waals surface area contributed by atoms with E-state index in [1.165, 1.54) is 0 Å². The number of carboxylic acid groups (broad SMARTS) is 1. The summed E-state index contributed by atoms with van der Waals surface area (Å²) in [5.41, 5.74) is 2.19. The molecule has 1 aromatic carbocycles. The molecule has 1 fully saturated rings. The number of aryl methyl sites for hydroxylation is 1. The molecule has 1 aromatic rings. The second kappa shape index (κ2) is 4.16. The molecule has 0 aliphatic heterocycles. The smallest absolute Gasteiger partial charge is 0.307 e. The van der Waals surface area contributed by atoms with Crippen LogP contribution in [0.1, 0.15) is 29.9 Å². The fraction of sp³-hybridized carbons (Fsp3) is 0.462. The van der Waals surface area contributed by atoms with Gasteiger partial charge in [-0.3, -0.25) is 4.79 Å². The Morgan fingerprint density at radius 2 is 2.19 bits per heavy atom. The van der Waals surface area contributed by atoms with Crippen LogP contribution in [0, 0.1) is 12.8 Å². The minimum Gasteiger partial charge on any atom is -0.496 e. The summed E-state index contributed by atoms with van der Waals surface area (Å²) < 4.78 is 5.29. The number of carbonyl (C=O) groups is 1. The average Bonchev–Trinajstić information content (AvgIpc) is 2.15. The van der Waals surface area contributed by atoms with Gasteiger partial charge >= 0.3 is 5.97 Å². The highest BCUT2D eigenvalue weighted by atomic mass is 16.5. The molecule has 2 atom stereocenters. The van der Waals surface area contributed by atoms with E-state index in [4.69, 9.17) is 9.84 Å². The molecule has 0 radical (unpaired) electrons. The average molecular weight is 220 g/mol. The highest BCUT2D eigenvalue weighted by Gasteiger charge is 2.38. The van der Waals surface area contributed by atoms with Crippen LogP contribution in [0.15, 0.2) is 18.2 Å². The van der Waals surface area contributed by atoms with E-state index in [1.807, 2.05) is 25.1 Å². The second-order valence-corrected chi connectivity index (χ2v) is 4.37. The molecule has 1 N–H and O–H groups in total. The van der Waals surface area contributed by atoms with Crippen molar-refractivity contribution in [3.63, 3.8) is 0 Å². The molecule has 0 amide bonds. The van der Waals surface area contributed by atoms with Crippen LogP contribution >= 0.6 is 0 Å². The van der Waals surface area contributed by atoms with Crippen LogP contribution in [-0.2, 0) is 4.79 Å². The molecule has 0 heterocycles. The number of hydrogen-bond acceptors (Lipinski definition) is 2. The largest absolute Gasteiger partial charge is 0.496 e. The van der Waals surface area contributed by atoms with E-state index in [0.717, 1.165) is 29.7 Å². The van der Waals surface area contributed by atoms with Crippen molar-refractivity contribution in [2.24, 2.45) is 5.92 Å². The highest BCUT2D eigenvalue weighted by Crippen LogP contribution is 2.45. The molecule has 0 bridgehead atoms. The first-order valence-corrected chi connectivity index (χ1v) is 5.51. The molecule has 1 saturated carbocycles. The van der Waals surface area contributed by atoms with Gasteiger partial charge in [0.1, 0.15) is 5.75 Å². The number of aliphatic carboxylic acids is 1. The van der Waals surface area contributed by atoms with E-state index in [0.29, 0.717) is 0 Å². The molecule has 2 rings (SSSR count). The third-order valence-corrected chi connectivity index (χ3v) is 3.38. The predicted molar refractivity (Wildman–Crippen MR) is 60.8 cm³/mol. The molecule has 3 nitrogen and oxygen atoms in total. The Kier molecular flexibility index (Phi) is 2.86. The number of benzene rings is 1. The summed E-state index contributed by atoms with van der Waals surface area (Å²) in [6.45, 7) is 2.01. The van der Waals surface area contributed by atoms with Gasteiger partial charge < -0.3 is 9.84 Å². The number of methoxy groups -OCH3 is 1. The lowest BCUT2D eigenvalue weighted by atomic mass is 9.69. The first-order chi connectivity index (χ1) is 7.63. The zero-order chi connectivity index (χ0) is 11.7. The standard InChI is InChI=1S/C13H16O3/c1-8-3-6-12(16-2)11(7-8)9-4-5-10(9)13(14)15/h3,6-7,9-10H,4-5H2,1-2H3,(H,14,15). The van der Waals surface area contributed by atoms with Crippen LogP contribution in [0.3, 0.4) is 0 Å². The van der Waals surface area contributed by atoms with Crippen molar-refractivity contribution < 1.29 is 14.6 Å². The number of rotatable bonds is 3. The Morgan fingerprint density at radius 3 is 2.69 bits per heavy atom. The van der Waals surface area contributed by atoms with E-state index >= 15 is 0 Å². The van der Waals surface area contributed by atoms with Gasteiger partial charge in [0.25, 0.3) is 0 Å². The van der Waals surface area contributed by atoms with Crippen molar-refractivity contribution >= 4 is 5.97 Å². The predicted octanol–water partition coefficient (Wildman–Crippen LogP) is 2.58. The van der Waals surface area contributed by atoms with E-state index < -0.39 is 5.97 Å². The molecule has 16 heavy (non-hydrogen) atoms. The van der Waals surface area contributed by atoms with Crippen LogP contribution in [0.2, 0.25) is 0 Å². The number of carboxylic acids is 1. The molecular formula is C13H16O3. The molecular weight excluding hydrogens is 204 g/mol. The molecule has 0 aromatic heterocycles. The van der Waals surface area contributed by atoms with E-state index in [-0.39, 0.29) is 11.8 Å². The molecule has 0 saturated heterocycles. The van der Waals surface area contributed by atoms with Gasteiger partial charge in [0.15, 0.2) is 0 Å². The summed E-state index contributed by atoms with van der Waals surface area (Å²) >= 11 is 0. The van der Waals surface area contributed by atoms with Crippen molar-refractivity contribution in [2.45, 2.75) is 25.7 Å². The lowest BCUT2D eigenvalue weighted by Crippen LogP contribution is -2.31. The Balaban J connectivity index is 2.32. The fourth-order valence-corrected chi connectivity index (χ4v) is 2.31. The van der Waals surface area contributed by atoms with Gasteiger partial charge in [-0.15, -0.1) is 0 Å². The van der Waals surface area contributed by atoms with Gasteiger partial charge in [-0.1, -0.05) is 17.7 Å². The highest BCUT2D eigenvalue weighted by molar-refractivity contribution is 5.73. The van der Waals surface area contributed by atoms with E-state index in [1.54, 1.807) is 7.11 Å². The Bertz CT molecular complexity index is 412. The van der Waals surface area contributed by atoms with Crippen molar-refractivity contribution in [2.75, 3.05) is 7.11 Å². The van der Waals surface area contributed by atoms with Crippen LogP contribution in [-0.4, -0.2) is 18.2 Å². The SMILES string of the molecule is COc1ccc(C)cc1C1CCC1C(=O)O. The maximum atomic E-state index is 11.0. The van der Waals surface area contributed by atoms with Crippen LogP contribution in [0.4, 0.5) is 0 Å². The second-order valence-electron chi connectivity index (χ2n) is 4.37. The summed E-state index contributed by atoms with van der Waals surface area (Å²) in [5, 5.41) is 9.06. The normalized spacial score (nSPS) is 23.6. The molecule has 3 heteroatoms. The molecule has 1 aliphatic carbocycles. The lowest BCUT2D eigenvalue weighted by Gasteiger charge is -2.34. The zero-order valence-corrected chi connectivity index (χ0v) is 9.56. The lowest BCUT2D eigenvalue weighted by molar-refractivity contribution is -0.145. The third-order valence-electron chi connectivity index (χ3n) is 3.38. The summed E-state index contributed by atoms with van der Waals surface area (Å²) in [6, 6.07) is 5.94. The zero-order valence-electron chi connectivity index (χ0n) is 9.56. The summed E-state index contributed by atoms with van der Waals surface area (Å²) in [6.07, 6.45) is 1.72. The quantitative estimate of drug-likeness (QED) is 0.851. The summed E-state index contributed by atoms with van der Waals surface area (Å²) in [5.74, 6) is -0.00981. The Morgan fingerprint density at radius 1 is 1.44 bits per heavy atom. The maximum absolute atomic E-state index is 11.0. The summed E-state index contributed by atoms with van der Waals surface area (Å²) in [7, 11) is 1.63. The summed E-state index contributed by atoms with van der Waals surface area (Å²) in [4.78, 5) is 11.0. The molecule has 86 valence electrons. The van der Waals surface area contributed by atoms with Crippen molar-refractivity contribution in [1.82, 2.24) is 0 Å². The van der Waals surface area contributed by atoms with E-state index in [9.17, 15) is 4.79 Å². The van der Waals surface area contributed by atoms with Gasteiger partial charge in [-0.2, -0.15) is 0 Å². The van der Waals surface area contributed by atoms with Crippen LogP contribution in [0.5, 0.6) is 5.75 Å². The minimum atomic E-state index is -0.695. The van der Waals surface area contributed by atoms with Crippen molar-refractivity contribution in [1.29, 1.82) is 0 Å². The van der Waals surface area contributed by atoms with Gasteiger partial charge in [-0.05, 0) is 31.4 Å². The van der Waals surface area contributed by atoms with Gasteiger partial charge in [0.05, 0.1) is 13.0 Å². The van der Waals surface area contributed by atoms with Crippen molar-refractivity contribution in [3.05, 3.63) is 29.3 Å². The van der Waals surface area contributed by atoms with E-state index in [2.05, 4.69) is 0 Å². The fourth-order valence-electron chi connectivity index (χ4n) is 2.31.